The van der Waals surface area contributed by atoms with Gasteiger partial charge in [-0.25, -0.2) is 0 Å². The third kappa shape index (κ3) is 3.21. The molecule has 1 aliphatic carbocycles. The van der Waals surface area contributed by atoms with Crippen molar-refractivity contribution in [3.05, 3.63) is 0 Å². The first kappa shape index (κ1) is 13.5. The molecule has 1 aliphatic rings. The van der Waals surface area contributed by atoms with E-state index in [1.807, 2.05) is 0 Å². The van der Waals surface area contributed by atoms with Crippen LogP contribution in [-0.4, -0.2) is 18.5 Å². The second kappa shape index (κ2) is 5.67. The normalized spacial score (nSPS) is 21.8. The minimum absolute atomic E-state index is 0.117. The number of amides is 1. The van der Waals surface area contributed by atoms with E-state index in [9.17, 15) is 4.79 Å². The zero-order chi connectivity index (χ0) is 12.2. The Labute approximate surface area is 99.2 Å². The fourth-order valence-corrected chi connectivity index (χ4v) is 2.40. The number of carbonyl (C=O) groups excluding carboxylic acids is 1. The average molecular weight is 226 g/mol. The van der Waals surface area contributed by atoms with Crippen LogP contribution in [0.15, 0.2) is 0 Å². The number of hydrogen-bond acceptors (Lipinski definition) is 2. The second-order valence-electron chi connectivity index (χ2n) is 5.68. The molecule has 0 heterocycles. The quantitative estimate of drug-likeness (QED) is 0.771. The van der Waals surface area contributed by atoms with Gasteiger partial charge in [0.2, 0.25) is 5.91 Å². The zero-order valence-electron chi connectivity index (χ0n) is 10.9. The molecular formula is C13H26N2O. The summed E-state index contributed by atoms with van der Waals surface area (Å²) in [7, 11) is 0. The third-order valence-electron chi connectivity index (χ3n) is 3.88. The van der Waals surface area contributed by atoms with Gasteiger partial charge in [0, 0.05) is 18.0 Å². The molecule has 94 valence electrons. The van der Waals surface area contributed by atoms with Crippen molar-refractivity contribution in [1.82, 2.24) is 5.32 Å². The molecule has 0 saturated heterocycles. The Morgan fingerprint density at radius 3 is 2.31 bits per heavy atom. The summed E-state index contributed by atoms with van der Waals surface area (Å²) in [4.78, 5) is 12.2. The van der Waals surface area contributed by atoms with Crippen LogP contribution < -0.4 is 11.1 Å². The van der Waals surface area contributed by atoms with E-state index in [0.717, 1.165) is 12.8 Å². The Kier molecular flexibility index (Phi) is 4.78. The summed E-state index contributed by atoms with van der Waals surface area (Å²) < 4.78 is 0. The minimum atomic E-state index is -0.152. The van der Waals surface area contributed by atoms with Gasteiger partial charge in [-0.1, -0.05) is 40.0 Å². The van der Waals surface area contributed by atoms with Gasteiger partial charge < -0.3 is 11.1 Å². The summed E-state index contributed by atoms with van der Waals surface area (Å²) in [5, 5.41) is 3.11. The molecule has 1 unspecified atom stereocenters. The lowest BCUT2D eigenvalue weighted by molar-refractivity contribution is -0.132. The van der Waals surface area contributed by atoms with Crippen molar-refractivity contribution in [3.63, 3.8) is 0 Å². The lowest BCUT2D eigenvalue weighted by Crippen LogP contribution is -2.49. The fraction of sp³-hybridized carbons (Fsp3) is 0.923. The largest absolute Gasteiger partial charge is 0.351 e. The molecule has 0 aromatic heterocycles. The van der Waals surface area contributed by atoms with Gasteiger partial charge in [-0.15, -0.1) is 0 Å². The van der Waals surface area contributed by atoms with Crippen molar-refractivity contribution in [1.29, 1.82) is 0 Å². The van der Waals surface area contributed by atoms with E-state index in [2.05, 4.69) is 26.1 Å². The Balaban J connectivity index is 2.55. The van der Waals surface area contributed by atoms with Crippen LogP contribution in [0.3, 0.4) is 0 Å². The molecule has 0 aromatic rings. The maximum Gasteiger partial charge on any atom is 0.226 e. The molecule has 0 radical (unpaired) electrons. The summed E-state index contributed by atoms with van der Waals surface area (Å²) in [6.45, 7) is 6.82. The van der Waals surface area contributed by atoms with Gasteiger partial charge in [0.25, 0.3) is 0 Å². The van der Waals surface area contributed by atoms with E-state index >= 15 is 0 Å². The van der Waals surface area contributed by atoms with Crippen molar-refractivity contribution >= 4 is 5.91 Å². The molecule has 1 rings (SSSR count). The molecule has 0 aromatic carbocycles. The SMILES string of the molecule is CC(C)C(CN)NC(=O)C1(C)CCCCC1. The van der Waals surface area contributed by atoms with Gasteiger partial charge in [-0.05, 0) is 18.8 Å². The molecule has 3 heteroatoms. The molecule has 1 fully saturated rings. The van der Waals surface area contributed by atoms with Crippen LogP contribution in [0.2, 0.25) is 0 Å². The predicted octanol–water partition coefficient (Wildman–Crippen LogP) is 2.06. The highest BCUT2D eigenvalue weighted by molar-refractivity contribution is 5.82. The topological polar surface area (TPSA) is 55.1 Å². The van der Waals surface area contributed by atoms with E-state index in [1.165, 1.54) is 19.3 Å². The van der Waals surface area contributed by atoms with E-state index in [-0.39, 0.29) is 17.4 Å². The smallest absolute Gasteiger partial charge is 0.226 e. The van der Waals surface area contributed by atoms with Crippen LogP contribution in [0.1, 0.15) is 52.9 Å². The number of nitrogens with one attached hydrogen (secondary N) is 1. The highest BCUT2D eigenvalue weighted by atomic mass is 16.2. The minimum Gasteiger partial charge on any atom is -0.351 e. The van der Waals surface area contributed by atoms with Gasteiger partial charge in [0.15, 0.2) is 0 Å². The first-order valence-corrected chi connectivity index (χ1v) is 6.50. The van der Waals surface area contributed by atoms with E-state index in [4.69, 9.17) is 5.73 Å². The lowest BCUT2D eigenvalue weighted by Gasteiger charge is -2.34. The lowest BCUT2D eigenvalue weighted by atomic mass is 9.75. The average Bonchev–Trinajstić information content (AvgIpc) is 2.26. The molecule has 1 amide bonds. The summed E-state index contributed by atoms with van der Waals surface area (Å²) in [6, 6.07) is 0.117. The van der Waals surface area contributed by atoms with Crippen molar-refractivity contribution in [2.75, 3.05) is 6.54 Å². The standard InChI is InChI=1S/C13H26N2O/c1-10(2)11(9-14)15-12(16)13(3)7-5-4-6-8-13/h10-11H,4-9,14H2,1-3H3,(H,15,16). The Bertz CT molecular complexity index is 232. The Morgan fingerprint density at radius 1 is 1.31 bits per heavy atom. The van der Waals surface area contributed by atoms with Gasteiger partial charge in [0.1, 0.15) is 0 Å². The van der Waals surface area contributed by atoms with Gasteiger partial charge in [-0.3, -0.25) is 4.79 Å². The van der Waals surface area contributed by atoms with Crippen molar-refractivity contribution < 1.29 is 4.79 Å². The molecule has 3 N–H and O–H groups in total. The highest BCUT2D eigenvalue weighted by Crippen LogP contribution is 2.35. The molecule has 1 saturated carbocycles. The highest BCUT2D eigenvalue weighted by Gasteiger charge is 2.35. The monoisotopic (exact) mass is 226 g/mol. The molecule has 0 spiro atoms. The van der Waals surface area contributed by atoms with Crippen LogP contribution in [0.5, 0.6) is 0 Å². The number of carbonyl (C=O) groups is 1. The molecule has 0 aliphatic heterocycles. The van der Waals surface area contributed by atoms with Crippen molar-refractivity contribution in [3.8, 4) is 0 Å². The molecule has 1 atom stereocenters. The number of hydrogen-bond donors (Lipinski definition) is 2. The van der Waals surface area contributed by atoms with Crippen LogP contribution >= 0.6 is 0 Å². The van der Waals surface area contributed by atoms with Crippen LogP contribution in [0, 0.1) is 11.3 Å². The van der Waals surface area contributed by atoms with Crippen LogP contribution in [0.4, 0.5) is 0 Å². The van der Waals surface area contributed by atoms with Crippen LogP contribution in [-0.2, 0) is 4.79 Å². The molecular weight excluding hydrogens is 200 g/mol. The van der Waals surface area contributed by atoms with Gasteiger partial charge in [0.05, 0.1) is 0 Å². The number of rotatable bonds is 4. The third-order valence-corrected chi connectivity index (χ3v) is 3.88. The van der Waals surface area contributed by atoms with E-state index in [0.29, 0.717) is 12.5 Å². The van der Waals surface area contributed by atoms with Gasteiger partial charge >= 0.3 is 0 Å². The second-order valence-corrected chi connectivity index (χ2v) is 5.68. The molecule has 16 heavy (non-hydrogen) atoms. The first-order valence-electron chi connectivity index (χ1n) is 6.50. The molecule has 0 bridgehead atoms. The predicted molar refractivity (Wildman–Crippen MR) is 67.0 cm³/mol. The summed E-state index contributed by atoms with van der Waals surface area (Å²) in [5.74, 6) is 0.609. The van der Waals surface area contributed by atoms with E-state index < -0.39 is 0 Å². The van der Waals surface area contributed by atoms with Gasteiger partial charge in [-0.2, -0.15) is 0 Å². The summed E-state index contributed by atoms with van der Waals surface area (Å²) in [6.07, 6.45) is 5.67. The maximum atomic E-state index is 12.2. The van der Waals surface area contributed by atoms with Crippen molar-refractivity contribution in [2.24, 2.45) is 17.1 Å². The Morgan fingerprint density at radius 2 is 1.88 bits per heavy atom. The summed E-state index contributed by atoms with van der Waals surface area (Å²) >= 11 is 0. The van der Waals surface area contributed by atoms with E-state index in [1.54, 1.807) is 0 Å². The first-order chi connectivity index (χ1) is 7.49. The molecule has 3 nitrogen and oxygen atoms in total. The zero-order valence-corrected chi connectivity index (χ0v) is 10.9. The maximum absolute atomic E-state index is 12.2. The Hall–Kier alpha value is -0.570. The van der Waals surface area contributed by atoms with Crippen LogP contribution in [0.25, 0.3) is 0 Å². The number of nitrogens with two attached hydrogens (primary N) is 1. The summed E-state index contributed by atoms with van der Waals surface area (Å²) in [5.41, 5.74) is 5.53. The van der Waals surface area contributed by atoms with Crippen molar-refractivity contribution in [2.45, 2.75) is 58.9 Å². The fourth-order valence-electron chi connectivity index (χ4n) is 2.40.